The molecule has 0 amide bonds. The number of hydrogen-bond donors (Lipinski definition) is 0. The average molecular weight is 182 g/mol. The SMILES string of the molecule is Pc1ccccc1OCC1CO1. The summed E-state index contributed by atoms with van der Waals surface area (Å²) in [6.45, 7) is 1.52. The van der Waals surface area contributed by atoms with Crippen molar-refractivity contribution in [1.82, 2.24) is 0 Å². The monoisotopic (exact) mass is 182 g/mol. The van der Waals surface area contributed by atoms with Crippen molar-refractivity contribution in [3.05, 3.63) is 24.3 Å². The van der Waals surface area contributed by atoms with Crippen LogP contribution in [0, 0.1) is 0 Å². The third-order valence-corrected chi connectivity index (χ3v) is 2.22. The van der Waals surface area contributed by atoms with Crippen LogP contribution in [0.4, 0.5) is 0 Å². The Labute approximate surface area is 74.1 Å². The van der Waals surface area contributed by atoms with E-state index in [9.17, 15) is 0 Å². The van der Waals surface area contributed by atoms with E-state index in [0.29, 0.717) is 12.7 Å². The predicted octanol–water partition coefficient (Wildman–Crippen LogP) is 0.965. The maximum Gasteiger partial charge on any atom is 0.126 e. The standard InChI is InChI=1S/C9H11O2P/c12-9-4-2-1-3-8(9)11-6-7-5-10-7/h1-4,7H,5-6,12H2. The molecule has 2 nitrogen and oxygen atoms in total. The van der Waals surface area contributed by atoms with Gasteiger partial charge in [-0.05, 0) is 6.07 Å². The van der Waals surface area contributed by atoms with E-state index in [1.165, 1.54) is 0 Å². The second kappa shape index (κ2) is 3.42. The number of rotatable bonds is 3. The quantitative estimate of drug-likeness (QED) is 0.513. The second-order valence-corrected chi connectivity index (χ2v) is 3.43. The van der Waals surface area contributed by atoms with Gasteiger partial charge in [0, 0.05) is 5.30 Å². The number of ether oxygens (including phenoxy) is 2. The Hall–Kier alpha value is -0.590. The molecule has 2 rings (SSSR count). The van der Waals surface area contributed by atoms with Crippen molar-refractivity contribution in [3.8, 4) is 5.75 Å². The van der Waals surface area contributed by atoms with E-state index in [2.05, 4.69) is 9.24 Å². The van der Waals surface area contributed by atoms with E-state index < -0.39 is 0 Å². The molecule has 1 aliphatic heterocycles. The zero-order chi connectivity index (χ0) is 8.39. The van der Waals surface area contributed by atoms with Crippen LogP contribution in [0.3, 0.4) is 0 Å². The molecule has 3 heteroatoms. The summed E-state index contributed by atoms with van der Waals surface area (Å²) in [6, 6.07) is 7.93. The van der Waals surface area contributed by atoms with Crippen LogP contribution >= 0.6 is 9.24 Å². The van der Waals surface area contributed by atoms with Crippen molar-refractivity contribution >= 4 is 14.5 Å². The Morgan fingerprint density at radius 2 is 2.25 bits per heavy atom. The number of epoxide rings is 1. The molecule has 1 aromatic rings. The molecule has 0 N–H and O–H groups in total. The van der Waals surface area contributed by atoms with E-state index in [4.69, 9.17) is 9.47 Å². The molecular weight excluding hydrogens is 171 g/mol. The van der Waals surface area contributed by atoms with Crippen molar-refractivity contribution < 1.29 is 9.47 Å². The molecule has 0 spiro atoms. The fourth-order valence-corrected chi connectivity index (χ4v) is 1.25. The Morgan fingerprint density at radius 3 is 2.92 bits per heavy atom. The first-order chi connectivity index (χ1) is 5.86. The molecule has 2 unspecified atom stereocenters. The largest absolute Gasteiger partial charge is 0.490 e. The predicted molar refractivity (Wildman–Crippen MR) is 51.0 cm³/mol. The molecule has 0 aliphatic carbocycles. The van der Waals surface area contributed by atoms with Crippen LogP contribution in [0.25, 0.3) is 0 Å². The van der Waals surface area contributed by atoms with Crippen molar-refractivity contribution in [2.24, 2.45) is 0 Å². The average Bonchev–Trinajstić information content (AvgIpc) is 2.86. The van der Waals surface area contributed by atoms with Crippen molar-refractivity contribution in [3.63, 3.8) is 0 Å². The van der Waals surface area contributed by atoms with Crippen molar-refractivity contribution in [1.29, 1.82) is 0 Å². The van der Waals surface area contributed by atoms with Gasteiger partial charge in [-0.25, -0.2) is 0 Å². The highest BCUT2D eigenvalue weighted by molar-refractivity contribution is 7.27. The summed E-state index contributed by atoms with van der Waals surface area (Å²) in [6.07, 6.45) is 0.328. The van der Waals surface area contributed by atoms with Gasteiger partial charge in [0.15, 0.2) is 0 Å². The maximum atomic E-state index is 5.51. The lowest BCUT2D eigenvalue weighted by Gasteiger charge is -2.05. The van der Waals surface area contributed by atoms with Crippen LogP contribution in [-0.2, 0) is 4.74 Å². The van der Waals surface area contributed by atoms with Crippen LogP contribution in [0.1, 0.15) is 0 Å². The third kappa shape index (κ3) is 1.96. The van der Waals surface area contributed by atoms with Gasteiger partial charge >= 0.3 is 0 Å². The maximum absolute atomic E-state index is 5.51. The minimum absolute atomic E-state index is 0.328. The lowest BCUT2D eigenvalue weighted by atomic mass is 10.3. The third-order valence-electron chi connectivity index (χ3n) is 1.75. The zero-order valence-electron chi connectivity index (χ0n) is 6.69. The summed E-state index contributed by atoms with van der Waals surface area (Å²) in [4.78, 5) is 0. The lowest BCUT2D eigenvalue weighted by molar-refractivity contribution is 0.265. The first-order valence-electron chi connectivity index (χ1n) is 3.95. The van der Waals surface area contributed by atoms with Gasteiger partial charge in [0.1, 0.15) is 18.5 Å². The topological polar surface area (TPSA) is 21.8 Å². The molecule has 1 aromatic carbocycles. The molecule has 1 heterocycles. The fourth-order valence-electron chi connectivity index (χ4n) is 0.959. The van der Waals surface area contributed by atoms with E-state index in [1.807, 2.05) is 24.3 Å². The minimum Gasteiger partial charge on any atom is -0.490 e. The van der Waals surface area contributed by atoms with Gasteiger partial charge in [0.05, 0.1) is 6.61 Å². The van der Waals surface area contributed by atoms with Crippen molar-refractivity contribution in [2.45, 2.75) is 6.10 Å². The van der Waals surface area contributed by atoms with Crippen molar-refractivity contribution in [2.75, 3.05) is 13.2 Å². The normalized spacial score (nSPS) is 20.6. The van der Waals surface area contributed by atoms with Gasteiger partial charge in [-0.3, -0.25) is 0 Å². The van der Waals surface area contributed by atoms with E-state index >= 15 is 0 Å². The van der Waals surface area contributed by atoms with Crippen LogP contribution < -0.4 is 10.0 Å². The highest BCUT2D eigenvalue weighted by Crippen LogP contribution is 2.14. The zero-order valence-corrected chi connectivity index (χ0v) is 7.85. The number of hydrogen-bond acceptors (Lipinski definition) is 2. The summed E-state index contributed by atoms with van der Waals surface area (Å²) in [5.74, 6) is 0.929. The molecule has 1 saturated heterocycles. The summed E-state index contributed by atoms with van der Waals surface area (Å²) in [7, 11) is 2.65. The Bertz CT molecular complexity index is 271. The van der Waals surface area contributed by atoms with Crippen LogP contribution in [0.5, 0.6) is 5.75 Å². The molecule has 12 heavy (non-hydrogen) atoms. The van der Waals surface area contributed by atoms with Gasteiger partial charge in [-0.15, -0.1) is 9.24 Å². The molecular formula is C9H11O2P. The van der Waals surface area contributed by atoms with Crippen LogP contribution in [0.2, 0.25) is 0 Å². The molecule has 1 fully saturated rings. The molecule has 0 bridgehead atoms. The smallest absolute Gasteiger partial charge is 0.126 e. The number of benzene rings is 1. The van der Waals surface area contributed by atoms with Crippen LogP contribution in [-0.4, -0.2) is 19.3 Å². The molecule has 0 radical (unpaired) electrons. The summed E-state index contributed by atoms with van der Waals surface area (Å²) < 4.78 is 10.6. The highest BCUT2D eigenvalue weighted by Gasteiger charge is 2.23. The first kappa shape index (κ1) is 8.03. The highest BCUT2D eigenvalue weighted by atomic mass is 31.0. The Balaban J connectivity index is 1.96. The van der Waals surface area contributed by atoms with Gasteiger partial charge < -0.3 is 9.47 Å². The van der Waals surface area contributed by atoms with Gasteiger partial charge in [0.2, 0.25) is 0 Å². The Kier molecular flexibility index (Phi) is 2.29. The first-order valence-corrected chi connectivity index (χ1v) is 4.53. The Morgan fingerprint density at radius 1 is 1.50 bits per heavy atom. The minimum atomic E-state index is 0.328. The summed E-state index contributed by atoms with van der Waals surface area (Å²) in [5.41, 5.74) is 0. The molecule has 2 atom stereocenters. The molecule has 0 saturated carbocycles. The van der Waals surface area contributed by atoms with Gasteiger partial charge in [-0.1, -0.05) is 18.2 Å². The summed E-state index contributed by atoms with van der Waals surface area (Å²) in [5, 5.41) is 1.10. The lowest BCUT2D eigenvalue weighted by Crippen LogP contribution is -2.08. The number of para-hydroxylation sites is 1. The molecule has 0 aromatic heterocycles. The fraction of sp³-hybridized carbons (Fsp3) is 0.333. The van der Waals surface area contributed by atoms with E-state index in [-0.39, 0.29) is 0 Å². The summed E-state index contributed by atoms with van der Waals surface area (Å²) >= 11 is 0. The molecule has 1 aliphatic rings. The molecule has 64 valence electrons. The second-order valence-electron chi connectivity index (χ2n) is 2.80. The van der Waals surface area contributed by atoms with E-state index in [0.717, 1.165) is 17.7 Å². The van der Waals surface area contributed by atoms with Gasteiger partial charge in [-0.2, -0.15) is 0 Å². The van der Waals surface area contributed by atoms with E-state index in [1.54, 1.807) is 0 Å². The van der Waals surface area contributed by atoms with Gasteiger partial charge in [0.25, 0.3) is 0 Å². The van der Waals surface area contributed by atoms with Crippen LogP contribution in [0.15, 0.2) is 24.3 Å².